The Bertz CT molecular complexity index is 705. The number of rotatable bonds is 6. The van der Waals surface area contributed by atoms with Crippen LogP contribution in [-0.2, 0) is 11.3 Å². The quantitative estimate of drug-likeness (QED) is 0.790. The molecule has 3 rings (SSSR count). The molecule has 3 nitrogen and oxygen atoms in total. The van der Waals surface area contributed by atoms with Gasteiger partial charge in [0.25, 0.3) is 0 Å². The van der Waals surface area contributed by atoms with Gasteiger partial charge in [-0.1, -0.05) is 62.7 Å². The molecular weight excluding hydrogens is 320 g/mol. The van der Waals surface area contributed by atoms with Gasteiger partial charge in [0.1, 0.15) is 0 Å². The fourth-order valence-electron chi connectivity index (χ4n) is 3.84. The Labute approximate surface area is 157 Å². The van der Waals surface area contributed by atoms with Crippen molar-refractivity contribution in [2.45, 2.75) is 45.6 Å². The summed E-state index contributed by atoms with van der Waals surface area (Å²) in [7, 11) is 0. The van der Waals surface area contributed by atoms with Gasteiger partial charge in [0.15, 0.2) is 0 Å². The van der Waals surface area contributed by atoms with Crippen LogP contribution in [0.1, 0.15) is 50.2 Å². The molecule has 1 aliphatic heterocycles. The highest BCUT2D eigenvalue weighted by molar-refractivity contribution is 5.96. The van der Waals surface area contributed by atoms with Gasteiger partial charge in [-0.3, -0.25) is 9.69 Å². The first-order valence-electron chi connectivity index (χ1n) is 9.80. The Morgan fingerprint density at radius 3 is 2.42 bits per heavy atom. The van der Waals surface area contributed by atoms with E-state index in [2.05, 4.69) is 36.2 Å². The van der Waals surface area contributed by atoms with Crippen LogP contribution in [0.25, 0.3) is 0 Å². The fraction of sp³-hybridized carbons (Fsp3) is 0.435. The second-order valence-corrected chi connectivity index (χ2v) is 7.66. The van der Waals surface area contributed by atoms with Crippen LogP contribution in [0, 0.1) is 5.92 Å². The molecular formula is C23H30N2O. The number of nitrogens with one attached hydrogen (secondary N) is 1. The van der Waals surface area contributed by atoms with E-state index in [-0.39, 0.29) is 17.7 Å². The van der Waals surface area contributed by atoms with E-state index in [0.29, 0.717) is 0 Å². The predicted octanol–water partition coefficient (Wildman–Crippen LogP) is 5.05. The van der Waals surface area contributed by atoms with Crippen molar-refractivity contribution in [1.82, 2.24) is 4.90 Å². The molecule has 0 radical (unpaired) electrons. The van der Waals surface area contributed by atoms with Gasteiger partial charge in [-0.25, -0.2) is 0 Å². The van der Waals surface area contributed by atoms with Crippen LogP contribution < -0.4 is 5.32 Å². The van der Waals surface area contributed by atoms with E-state index >= 15 is 0 Å². The lowest BCUT2D eigenvalue weighted by molar-refractivity contribution is -0.118. The molecule has 1 atom stereocenters. The van der Waals surface area contributed by atoms with Crippen molar-refractivity contribution < 1.29 is 4.79 Å². The van der Waals surface area contributed by atoms with Crippen LogP contribution in [0.4, 0.5) is 5.69 Å². The Kier molecular flexibility index (Phi) is 6.45. The molecule has 138 valence electrons. The Balaban J connectivity index is 1.69. The standard InChI is InChI=1S/C23H30N2O/c1-18(2)22(20-11-5-3-6-12-20)23(26)24-21-13-9-10-19(16-21)17-25-14-7-4-8-15-25/h3,5-6,9-13,16,18,22H,4,7-8,14-15,17H2,1-2H3,(H,24,26). The van der Waals surface area contributed by atoms with Gasteiger partial charge in [0, 0.05) is 12.2 Å². The highest BCUT2D eigenvalue weighted by Gasteiger charge is 2.24. The van der Waals surface area contributed by atoms with Crippen molar-refractivity contribution in [2.24, 2.45) is 5.92 Å². The van der Waals surface area contributed by atoms with E-state index < -0.39 is 0 Å². The Morgan fingerprint density at radius 1 is 1.00 bits per heavy atom. The summed E-state index contributed by atoms with van der Waals surface area (Å²) in [5.74, 6) is 0.178. The smallest absolute Gasteiger partial charge is 0.232 e. The zero-order chi connectivity index (χ0) is 18.4. The monoisotopic (exact) mass is 350 g/mol. The Hall–Kier alpha value is -2.13. The molecule has 0 saturated carbocycles. The summed E-state index contributed by atoms with van der Waals surface area (Å²) < 4.78 is 0. The summed E-state index contributed by atoms with van der Waals surface area (Å²) in [6, 6.07) is 18.4. The molecule has 1 unspecified atom stereocenters. The second kappa shape index (κ2) is 9.00. The van der Waals surface area contributed by atoms with Crippen molar-refractivity contribution >= 4 is 11.6 Å². The van der Waals surface area contributed by atoms with E-state index in [4.69, 9.17) is 0 Å². The lowest BCUT2D eigenvalue weighted by Crippen LogP contribution is -2.29. The van der Waals surface area contributed by atoms with Gasteiger partial charge in [-0.2, -0.15) is 0 Å². The molecule has 0 spiro atoms. The summed E-state index contributed by atoms with van der Waals surface area (Å²) in [5.41, 5.74) is 3.24. The number of carbonyl (C=O) groups excluding carboxylic acids is 1. The molecule has 0 aliphatic carbocycles. The molecule has 2 aromatic carbocycles. The molecule has 26 heavy (non-hydrogen) atoms. The number of nitrogens with zero attached hydrogens (tertiary/aromatic N) is 1. The molecule has 1 N–H and O–H groups in total. The van der Waals surface area contributed by atoms with Crippen LogP contribution in [0.3, 0.4) is 0 Å². The third kappa shape index (κ3) is 4.95. The number of benzene rings is 2. The second-order valence-electron chi connectivity index (χ2n) is 7.66. The average Bonchev–Trinajstić information content (AvgIpc) is 2.63. The summed E-state index contributed by atoms with van der Waals surface area (Å²) in [4.78, 5) is 15.4. The van der Waals surface area contributed by atoms with Crippen LogP contribution >= 0.6 is 0 Å². The summed E-state index contributed by atoms with van der Waals surface area (Å²) in [5, 5.41) is 3.14. The highest BCUT2D eigenvalue weighted by atomic mass is 16.1. The maximum Gasteiger partial charge on any atom is 0.232 e. The maximum atomic E-state index is 12.9. The summed E-state index contributed by atoms with van der Waals surface area (Å²) >= 11 is 0. The minimum absolute atomic E-state index is 0.0707. The van der Waals surface area contributed by atoms with E-state index in [1.165, 1.54) is 37.9 Å². The van der Waals surface area contributed by atoms with Crippen LogP contribution in [0.15, 0.2) is 54.6 Å². The van der Waals surface area contributed by atoms with Crippen molar-refractivity contribution in [2.75, 3.05) is 18.4 Å². The van der Waals surface area contributed by atoms with Gasteiger partial charge in [-0.15, -0.1) is 0 Å². The highest BCUT2D eigenvalue weighted by Crippen LogP contribution is 2.26. The first kappa shape index (κ1) is 18.7. The number of likely N-dealkylation sites (tertiary alicyclic amines) is 1. The van der Waals surface area contributed by atoms with Crippen molar-refractivity contribution in [1.29, 1.82) is 0 Å². The molecule has 2 aromatic rings. The molecule has 1 saturated heterocycles. The first-order valence-corrected chi connectivity index (χ1v) is 9.80. The first-order chi connectivity index (χ1) is 12.6. The normalized spacial score (nSPS) is 16.4. The molecule has 1 aliphatic rings. The van der Waals surface area contributed by atoms with Crippen molar-refractivity contribution in [3.8, 4) is 0 Å². The summed E-state index contributed by atoms with van der Waals surface area (Å²) in [6.07, 6.45) is 3.94. The third-order valence-corrected chi connectivity index (χ3v) is 5.16. The number of hydrogen-bond acceptors (Lipinski definition) is 2. The molecule has 1 heterocycles. The maximum absolute atomic E-state index is 12.9. The van der Waals surface area contributed by atoms with E-state index in [1.807, 2.05) is 42.5 Å². The lowest BCUT2D eigenvalue weighted by atomic mass is 9.87. The zero-order valence-corrected chi connectivity index (χ0v) is 15.9. The number of amides is 1. The topological polar surface area (TPSA) is 32.3 Å². The van der Waals surface area contributed by atoms with Gasteiger partial charge < -0.3 is 5.32 Å². The summed E-state index contributed by atoms with van der Waals surface area (Å²) in [6.45, 7) is 7.53. The third-order valence-electron chi connectivity index (χ3n) is 5.16. The van der Waals surface area contributed by atoms with Gasteiger partial charge in [-0.05, 0) is 55.1 Å². The zero-order valence-electron chi connectivity index (χ0n) is 15.9. The molecule has 1 fully saturated rings. The molecule has 0 aromatic heterocycles. The molecule has 1 amide bonds. The van der Waals surface area contributed by atoms with E-state index in [0.717, 1.165) is 17.8 Å². The number of hydrogen-bond donors (Lipinski definition) is 1. The van der Waals surface area contributed by atoms with Crippen molar-refractivity contribution in [3.63, 3.8) is 0 Å². The van der Waals surface area contributed by atoms with Gasteiger partial charge in [0.2, 0.25) is 5.91 Å². The van der Waals surface area contributed by atoms with Crippen LogP contribution in [0.2, 0.25) is 0 Å². The minimum atomic E-state index is -0.137. The number of anilines is 1. The van der Waals surface area contributed by atoms with Crippen LogP contribution in [0.5, 0.6) is 0 Å². The number of carbonyl (C=O) groups is 1. The van der Waals surface area contributed by atoms with Gasteiger partial charge >= 0.3 is 0 Å². The van der Waals surface area contributed by atoms with Crippen LogP contribution in [-0.4, -0.2) is 23.9 Å². The predicted molar refractivity (Wildman–Crippen MR) is 108 cm³/mol. The largest absolute Gasteiger partial charge is 0.326 e. The van der Waals surface area contributed by atoms with E-state index in [9.17, 15) is 4.79 Å². The van der Waals surface area contributed by atoms with Gasteiger partial charge in [0.05, 0.1) is 5.92 Å². The SMILES string of the molecule is CC(C)C(C(=O)Nc1cccc(CN2CCCCC2)c1)c1ccccc1. The lowest BCUT2D eigenvalue weighted by Gasteiger charge is -2.26. The number of piperidine rings is 1. The molecule has 0 bridgehead atoms. The minimum Gasteiger partial charge on any atom is -0.326 e. The Morgan fingerprint density at radius 2 is 1.73 bits per heavy atom. The van der Waals surface area contributed by atoms with E-state index in [1.54, 1.807) is 0 Å². The fourth-order valence-corrected chi connectivity index (χ4v) is 3.84. The average molecular weight is 351 g/mol. The molecule has 3 heteroatoms. The van der Waals surface area contributed by atoms with Crippen molar-refractivity contribution in [3.05, 3.63) is 65.7 Å².